The first-order valence-corrected chi connectivity index (χ1v) is 16.7. The van der Waals surface area contributed by atoms with Crippen LogP contribution in [0.25, 0.3) is 32.7 Å². The van der Waals surface area contributed by atoms with Crippen molar-refractivity contribution in [2.45, 2.75) is 45.9 Å². The maximum Gasteiger partial charge on any atom is 0.205 e. The Balaban J connectivity index is 2.19. The average Bonchev–Trinajstić information content (AvgIpc) is 2.88. The van der Waals surface area contributed by atoms with Gasteiger partial charge in [-0.1, -0.05) is 57.2 Å². The molecule has 0 atom stereocenters. The quantitative estimate of drug-likeness (QED) is 0.124. The Labute approximate surface area is 249 Å². The van der Waals surface area contributed by atoms with Crippen molar-refractivity contribution < 1.29 is 23.4 Å². The highest BCUT2D eigenvalue weighted by atomic mass is 79.9. The molecule has 0 fully saturated rings. The molecule has 207 valence electrons. The van der Waals surface area contributed by atoms with E-state index < -0.39 is 9.04 Å². The molecule has 0 aromatic heterocycles. The molecule has 0 aliphatic rings. The zero-order valence-corrected chi connectivity index (χ0v) is 27.7. The highest BCUT2D eigenvalue weighted by Crippen LogP contribution is 2.53. The maximum atomic E-state index is 6.38. The van der Waals surface area contributed by atoms with Gasteiger partial charge in [0.15, 0.2) is 13.6 Å². The van der Waals surface area contributed by atoms with Gasteiger partial charge >= 0.3 is 0 Å². The fraction of sp³-hybridized carbons (Fsp3) is 0.355. The number of rotatable bonds is 10. The van der Waals surface area contributed by atoms with Gasteiger partial charge in [0, 0.05) is 25.3 Å². The van der Waals surface area contributed by atoms with Crippen LogP contribution in [0.1, 0.15) is 31.9 Å². The Kier molecular flexibility index (Phi) is 9.78. The molecule has 4 aromatic rings. The monoisotopic (exact) mass is 673 g/mol. The second kappa shape index (κ2) is 12.7. The lowest BCUT2D eigenvalue weighted by Crippen LogP contribution is -2.15. The van der Waals surface area contributed by atoms with Gasteiger partial charge in [-0.05, 0) is 95.2 Å². The second-order valence-corrected chi connectivity index (χ2v) is 14.4. The van der Waals surface area contributed by atoms with Crippen molar-refractivity contribution in [1.82, 2.24) is 0 Å². The lowest BCUT2D eigenvalue weighted by atomic mass is 9.80. The van der Waals surface area contributed by atoms with Crippen molar-refractivity contribution in [1.29, 1.82) is 0 Å². The Morgan fingerprint density at radius 1 is 0.769 bits per heavy atom. The van der Waals surface area contributed by atoms with Gasteiger partial charge in [0.25, 0.3) is 0 Å². The van der Waals surface area contributed by atoms with E-state index >= 15 is 0 Å². The zero-order chi connectivity index (χ0) is 28.3. The van der Waals surface area contributed by atoms with Crippen LogP contribution in [0.5, 0.6) is 11.5 Å². The van der Waals surface area contributed by atoms with Crippen molar-refractivity contribution in [2.75, 3.05) is 27.8 Å². The van der Waals surface area contributed by atoms with Crippen molar-refractivity contribution in [3.8, 4) is 22.6 Å². The van der Waals surface area contributed by atoms with Crippen LogP contribution in [0.2, 0.25) is 13.1 Å². The SMILES string of the molecule is COCOc1c(Br)cc2ccccc2c1-c1c(OCOC)c(Br)c(C(C)(C)C)c2cc(CO[Si](C)C)ccc12. The minimum atomic E-state index is -0.818. The molecule has 0 heterocycles. The third-order valence-corrected chi connectivity index (χ3v) is 8.46. The normalized spacial score (nSPS) is 12.1. The summed E-state index contributed by atoms with van der Waals surface area (Å²) in [5.74, 6) is 1.39. The van der Waals surface area contributed by atoms with Crippen LogP contribution in [0.15, 0.2) is 57.5 Å². The van der Waals surface area contributed by atoms with Crippen LogP contribution in [-0.4, -0.2) is 36.8 Å². The molecule has 0 aliphatic carbocycles. The van der Waals surface area contributed by atoms with Crippen molar-refractivity contribution in [3.63, 3.8) is 0 Å². The van der Waals surface area contributed by atoms with Crippen LogP contribution in [-0.2, 0) is 25.9 Å². The van der Waals surface area contributed by atoms with E-state index in [0.29, 0.717) is 18.1 Å². The number of ether oxygens (including phenoxy) is 4. The van der Waals surface area contributed by atoms with Gasteiger partial charge in [-0.15, -0.1) is 0 Å². The number of halogens is 2. The molecule has 0 N–H and O–H groups in total. The molecule has 0 bridgehead atoms. The smallest absolute Gasteiger partial charge is 0.205 e. The first kappa shape index (κ1) is 30.0. The molecule has 4 rings (SSSR count). The molecule has 1 radical (unpaired) electrons. The highest BCUT2D eigenvalue weighted by molar-refractivity contribution is 9.11. The number of hydrogen-bond acceptors (Lipinski definition) is 5. The molecule has 4 aromatic carbocycles. The van der Waals surface area contributed by atoms with E-state index in [9.17, 15) is 0 Å². The number of fused-ring (bicyclic) bond motifs is 2. The number of hydrogen-bond donors (Lipinski definition) is 0. The highest BCUT2D eigenvalue weighted by Gasteiger charge is 2.30. The lowest BCUT2D eigenvalue weighted by molar-refractivity contribution is 0.0496. The first-order valence-electron chi connectivity index (χ1n) is 12.7. The van der Waals surface area contributed by atoms with Gasteiger partial charge in [-0.25, -0.2) is 0 Å². The minimum absolute atomic E-state index is 0.102. The summed E-state index contributed by atoms with van der Waals surface area (Å²) >= 11 is 7.76. The Bertz CT molecular complexity index is 1480. The van der Waals surface area contributed by atoms with Crippen LogP contribution >= 0.6 is 31.9 Å². The summed E-state index contributed by atoms with van der Waals surface area (Å²) in [5, 5.41) is 4.32. The molecule has 0 amide bonds. The van der Waals surface area contributed by atoms with E-state index in [1.165, 1.54) is 0 Å². The molecule has 0 spiro atoms. The van der Waals surface area contributed by atoms with Gasteiger partial charge < -0.3 is 23.4 Å². The van der Waals surface area contributed by atoms with E-state index in [1.54, 1.807) is 14.2 Å². The van der Waals surface area contributed by atoms with Gasteiger partial charge in [-0.3, -0.25) is 0 Å². The van der Waals surface area contributed by atoms with Crippen LogP contribution in [0, 0.1) is 0 Å². The summed E-state index contributed by atoms with van der Waals surface area (Å²) in [6, 6.07) is 16.9. The molecule has 0 saturated carbocycles. The Morgan fingerprint density at radius 2 is 1.41 bits per heavy atom. The maximum absolute atomic E-state index is 6.38. The van der Waals surface area contributed by atoms with E-state index in [1.807, 2.05) is 12.1 Å². The van der Waals surface area contributed by atoms with Crippen LogP contribution in [0.3, 0.4) is 0 Å². The average molecular weight is 676 g/mol. The lowest BCUT2D eigenvalue weighted by Gasteiger charge is -2.28. The first-order chi connectivity index (χ1) is 18.6. The van der Waals surface area contributed by atoms with E-state index in [2.05, 4.69) is 102 Å². The summed E-state index contributed by atoms with van der Waals surface area (Å²) in [5.41, 5.74) is 3.96. The third kappa shape index (κ3) is 6.37. The van der Waals surface area contributed by atoms with Gasteiger partial charge in [0.1, 0.15) is 11.5 Å². The minimum Gasteiger partial charge on any atom is -0.466 e. The molecular weight excluding hydrogens is 640 g/mol. The van der Waals surface area contributed by atoms with Gasteiger partial charge in [-0.2, -0.15) is 0 Å². The Hall–Kier alpha value is -1.94. The summed E-state index contributed by atoms with van der Waals surface area (Å²) in [7, 11) is 2.43. The third-order valence-electron chi connectivity index (χ3n) is 6.39. The topological polar surface area (TPSA) is 46.2 Å². The molecule has 0 unspecified atom stereocenters. The van der Waals surface area contributed by atoms with E-state index in [4.69, 9.17) is 23.4 Å². The predicted molar refractivity (Wildman–Crippen MR) is 168 cm³/mol. The summed E-state index contributed by atoms with van der Waals surface area (Å²) < 4.78 is 31.1. The summed E-state index contributed by atoms with van der Waals surface area (Å²) in [4.78, 5) is 0. The molecule has 39 heavy (non-hydrogen) atoms. The van der Waals surface area contributed by atoms with Crippen LogP contribution < -0.4 is 9.47 Å². The van der Waals surface area contributed by atoms with E-state index in [0.717, 1.165) is 52.7 Å². The second-order valence-electron chi connectivity index (χ2n) is 10.6. The fourth-order valence-electron chi connectivity index (χ4n) is 4.83. The van der Waals surface area contributed by atoms with Crippen molar-refractivity contribution in [3.05, 3.63) is 68.6 Å². The number of benzene rings is 4. The van der Waals surface area contributed by atoms with E-state index in [-0.39, 0.29) is 19.0 Å². The molecule has 5 nitrogen and oxygen atoms in total. The predicted octanol–water partition coefficient (Wildman–Crippen LogP) is 9.22. The summed E-state index contributed by atoms with van der Waals surface area (Å²) in [6.45, 7) is 11.8. The molecule has 0 aliphatic heterocycles. The Morgan fingerprint density at radius 3 is 2.05 bits per heavy atom. The van der Waals surface area contributed by atoms with Crippen molar-refractivity contribution >= 4 is 62.4 Å². The molecule has 8 heteroatoms. The largest absolute Gasteiger partial charge is 0.466 e. The molecular formula is C31H35Br2O5Si. The van der Waals surface area contributed by atoms with Crippen LogP contribution in [0.4, 0.5) is 0 Å². The van der Waals surface area contributed by atoms with Crippen molar-refractivity contribution in [2.24, 2.45) is 0 Å². The summed E-state index contributed by atoms with van der Waals surface area (Å²) in [6.07, 6.45) is 0. The standard InChI is InChI=1S/C31H35Br2O5Si/c1-31(2,3)27-23-14-19(16-38-39(6)7)12-13-22(23)26(30(28(27)33)37-18-35-5)25-21-11-9-8-10-20(21)15-24(32)29(25)36-17-34-4/h8-15H,16-18H2,1-7H3. The van der Waals surface area contributed by atoms with Gasteiger partial charge in [0.05, 0.1) is 15.6 Å². The fourth-order valence-corrected chi connectivity index (χ4v) is 6.97. The van der Waals surface area contributed by atoms with Gasteiger partial charge in [0.2, 0.25) is 9.04 Å². The zero-order valence-electron chi connectivity index (χ0n) is 23.5. The number of methoxy groups -OCH3 is 2. The molecule has 0 saturated heterocycles.